The van der Waals surface area contributed by atoms with E-state index >= 15 is 0 Å². The van der Waals surface area contributed by atoms with E-state index < -0.39 is 11.9 Å². The minimum atomic E-state index is -0.916. The van der Waals surface area contributed by atoms with Crippen molar-refractivity contribution in [3.8, 4) is 5.75 Å². The predicted octanol–water partition coefficient (Wildman–Crippen LogP) is 0.822. The molecule has 0 heterocycles. The van der Waals surface area contributed by atoms with E-state index in [0.29, 0.717) is 11.3 Å². The van der Waals surface area contributed by atoms with Gasteiger partial charge in [-0.1, -0.05) is 12.1 Å². The minimum absolute atomic E-state index is 0.0858. The number of benzene rings is 1. The molecule has 0 saturated heterocycles. The summed E-state index contributed by atoms with van der Waals surface area (Å²) in [7, 11) is 1.54. The summed E-state index contributed by atoms with van der Waals surface area (Å²) < 4.78 is 5.00. The first kappa shape index (κ1) is 10.5. The lowest BCUT2D eigenvalue weighted by Crippen LogP contribution is -2.21. The highest BCUT2D eigenvalue weighted by molar-refractivity contribution is 5.76. The molecular formula is C10H13NO3. The van der Waals surface area contributed by atoms with Crippen molar-refractivity contribution in [3.63, 3.8) is 0 Å². The fourth-order valence-electron chi connectivity index (χ4n) is 1.24. The largest absolute Gasteiger partial charge is 0.497 e. The summed E-state index contributed by atoms with van der Waals surface area (Å²) in [4.78, 5) is 10.8. The number of hydrogen-bond acceptors (Lipinski definition) is 3. The van der Waals surface area contributed by atoms with Gasteiger partial charge in [-0.05, 0) is 17.7 Å². The van der Waals surface area contributed by atoms with Gasteiger partial charge in [-0.25, -0.2) is 0 Å². The van der Waals surface area contributed by atoms with E-state index in [1.165, 1.54) is 7.11 Å². The maximum absolute atomic E-state index is 10.8. The molecule has 0 spiro atoms. The van der Waals surface area contributed by atoms with Crippen molar-refractivity contribution >= 4 is 5.97 Å². The maximum atomic E-state index is 10.8. The topological polar surface area (TPSA) is 72.5 Å². The van der Waals surface area contributed by atoms with Crippen LogP contribution in [0.15, 0.2) is 24.3 Å². The molecule has 1 atom stereocenters. The summed E-state index contributed by atoms with van der Waals surface area (Å²) >= 11 is 0. The van der Waals surface area contributed by atoms with Gasteiger partial charge in [0, 0.05) is 6.54 Å². The van der Waals surface area contributed by atoms with Gasteiger partial charge in [-0.3, -0.25) is 4.79 Å². The summed E-state index contributed by atoms with van der Waals surface area (Å²) in [5.74, 6) is -0.937. The van der Waals surface area contributed by atoms with E-state index in [1.54, 1.807) is 24.3 Å². The molecule has 1 aromatic rings. The number of carboxylic acid groups (broad SMARTS) is 1. The number of methoxy groups -OCH3 is 1. The zero-order valence-electron chi connectivity index (χ0n) is 7.93. The predicted molar refractivity (Wildman–Crippen MR) is 52.4 cm³/mol. The van der Waals surface area contributed by atoms with Crippen LogP contribution >= 0.6 is 0 Å². The Labute approximate surface area is 82.3 Å². The molecule has 3 N–H and O–H groups in total. The molecule has 1 rings (SSSR count). The molecule has 0 fully saturated rings. The molecule has 4 heteroatoms. The van der Waals surface area contributed by atoms with Crippen molar-refractivity contribution in [2.75, 3.05) is 13.7 Å². The Kier molecular flexibility index (Phi) is 3.48. The number of carbonyl (C=O) groups is 1. The zero-order valence-corrected chi connectivity index (χ0v) is 7.93. The molecule has 0 unspecified atom stereocenters. The Bertz CT molecular complexity index is 325. The average Bonchev–Trinajstić information content (AvgIpc) is 2.19. The highest BCUT2D eigenvalue weighted by Crippen LogP contribution is 2.20. The van der Waals surface area contributed by atoms with Crippen molar-refractivity contribution in [1.29, 1.82) is 0 Å². The zero-order chi connectivity index (χ0) is 10.6. The van der Waals surface area contributed by atoms with Gasteiger partial charge in [0.2, 0.25) is 0 Å². The van der Waals surface area contributed by atoms with Crippen molar-refractivity contribution in [2.45, 2.75) is 5.92 Å². The third-order valence-electron chi connectivity index (χ3n) is 2.03. The minimum Gasteiger partial charge on any atom is -0.497 e. The maximum Gasteiger partial charge on any atom is 0.312 e. The van der Waals surface area contributed by atoms with Gasteiger partial charge in [-0.2, -0.15) is 0 Å². The highest BCUT2D eigenvalue weighted by Gasteiger charge is 2.17. The first-order chi connectivity index (χ1) is 6.69. The van der Waals surface area contributed by atoms with E-state index in [4.69, 9.17) is 15.6 Å². The molecule has 0 amide bonds. The van der Waals surface area contributed by atoms with Crippen LogP contribution in [-0.2, 0) is 4.79 Å². The molecule has 4 nitrogen and oxygen atoms in total. The van der Waals surface area contributed by atoms with Gasteiger partial charge in [0.05, 0.1) is 13.0 Å². The molecule has 0 aromatic heterocycles. The normalized spacial score (nSPS) is 12.1. The Morgan fingerprint density at radius 3 is 2.86 bits per heavy atom. The van der Waals surface area contributed by atoms with Crippen LogP contribution in [0.3, 0.4) is 0 Å². The molecule has 14 heavy (non-hydrogen) atoms. The second kappa shape index (κ2) is 4.62. The fraction of sp³-hybridized carbons (Fsp3) is 0.300. The lowest BCUT2D eigenvalue weighted by atomic mass is 9.99. The van der Waals surface area contributed by atoms with Gasteiger partial charge in [0.15, 0.2) is 0 Å². The molecule has 0 radical (unpaired) electrons. The second-order valence-corrected chi connectivity index (χ2v) is 2.90. The summed E-state index contributed by atoms with van der Waals surface area (Å²) in [6.45, 7) is 0.0858. The highest BCUT2D eigenvalue weighted by atomic mass is 16.5. The number of nitrogens with two attached hydrogens (primary N) is 1. The standard InChI is InChI=1S/C10H13NO3/c1-14-8-4-2-3-7(5-8)9(6-11)10(12)13/h2-5,9H,6,11H2,1H3,(H,12,13)/t9-/m0/s1. The SMILES string of the molecule is COc1cccc([C@H](CN)C(=O)O)c1. The van der Waals surface area contributed by atoms with Crippen LogP contribution in [0.25, 0.3) is 0 Å². The van der Waals surface area contributed by atoms with Crippen LogP contribution in [0.4, 0.5) is 0 Å². The van der Waals surface area contributed by atoms with Crippen LogP contribution in [0.1, 0.15) is 11.5 Å². The molecular weight excluding hydrogens is 182 g/mol. The molecule has 0 aliphatic heterocycles. The van der Waals surface area contributed by atoms with Crippen LogP contribution in [0.5, 0.6) is 5.75 Å². The fourth-order valence-corrected chi connectivity index (χ4v) is 1.24. The first-order valence-corrected chi connectivity index (χ1v) is 4.26. The van der Waals surface area contributed by atoms with Crippen molar-refractivity contribution < 1.29 is 14.6 Å². The monoisotopic (exact) mass is 195 g/mol. The van der Waals surface area contributed by atoms with E-state index in [-0.39, 0.29) is 6.54 Å². The quantitative estimate of drug-likeness (QED) is 0.746. The van der Waals surface area contributed by atoms with E-state index in [2.05, 4.69) is 0 Å². The van der Waals surface area contributed by atoms with Crippen LogP contribution < -0.4 is 10.5 Å². The lowest BCUT2D eigenvalue weighted by molar-refractivity contribution is -0.138. The van der Waals surface area contributed by atoms with E-state index in [0.717, 1.165) is 0 Å². The summed E-state index contributed by atoms with van der Waals surface area (Å²) in [6.07, 6.45) is 0. The molecule has 0 bridgehead atoms. The Morgan fingerprint density at radius 1 is 1.64 bits per heavy atom. The Morgan fingerprint density at radius 2 is 2.36 bits per heavy atom. The van der Waals surface area contributed by atoms with Gasteiger partial charge >= 0.3 is 5.97 Å². The van der Waals surface area contributed by atoms with Crippen molar-refractivity contribution in [2.24, 2.45) is 5.73 Å². The van der Waals surface area contributed by atoms with Gasteiger partial charge in [-0.15, -0.1) is 0 Å². The van der Waals surface area contributed by atoms with Crippen molar-refractivity contribution in [1.82, 2.24) is 0 Å². The first-order valence-electron chi connectivity index (χ1n) is 4.26. The van der Waals surface area contributed by atoms with Crippen LogP contribution in [-0.4, -0.2) is 24.7 Å². The summed E-state index contributed by atoms with van der Waals surface area (Å²) in [5.41, 5.74) is 6.04. The molecule has 0 aliphatic rings. The molecule has 76 valence electrons. The number of rotatable bonds is 4. The van der Waals surface area contributed by atoms with Crippen LogP contribution in [0, 0.1) is 0 Å². The number of ether oxygens (including phenoxy) is 1. The third-order valence-corrected chi connectivity index (χ3v) is 2.03. The van der Waals surface area contributed by atoms with Gasteiger partial charge in [0.1, 0.15) is 5.75 Å². The number of hydrogen-bond donors (Lipinski definition) is 2. The van der Waals surface area contributed by atoms with E-state index in [1.807, 2.05) is 0 Å². The second-order valence-electron chi connectivity index (χ2n) is 2.90. The molecule has 0 aliphatic carbocycles. The lowest BCUT2D eigenvalue weighted by Gasteiger charge is -2.10. The summed E-state index contributed by atoms with van der Waals surface area (Å²) in [6, 6.07) is 6.93. The Hall–Kier alpha value is -1.55. The summed E-state index contributed by atoms with van der Waals surface area (Å²) in [5, 5.41) is 8.87. The molecule has 0 saturated carbocycles. The van der Waals surface area contributed by atoms with Crippen LogP contribution in [0.2, 0.25) is 0 Å². The van der Waals surface area contributed by atoms with E-state index in [9.17, 15) is 4.79 Å². The third kappa shape index (κ3) is 2.23. The smallest absolute Gasteiger partial charge is 0.312 e. The van der Waals surface area contributed by atoms with Gasteiger partial charge < -0.3 is 15.6 Å². The van der Waals surface area contributed by atoms with Crippen molar-refractivity contribution in [3.05, 3.63) is 29.8 Å². The Balaban J connectivity index is 2.98. The molecule has 1 aromatic carbocycles. The number of carboxylic acids is 1. The number of aliphatic carboxylic acids is 1. The average molecular weight is 195 g/mol. The van der Waals surface area contributed by atoms with Gasteiger partial charge in [0.25, 0.3) is 0 Å².